The number of methoxy groups -OCH3 is 1. The van der Waals surface area contributed by atoms with Gasteiger partial charge in [0, 0.05) is 23.9 Å². The van der Waals surface area contributed by atoms with Gasteiger partial charge in [-0.1, -0.05) is 60.1 Å². The van der Waals surface area contributed by atoms with Crippen LogP contribution in [-0.2, 0) is 7.05 Å². The summed E-state index contributed by atoms with van der Waals surface area (Å²) >= 11 is 6.16. The Balaban J connectivity index is 1.89. The third-order valence-electron chi connectivity index (χ3n) is 5.93. The number of aromatic nitrogens is 3. The number of carbonyl (C=O) groups is 1. The molecule has 36 heavy (non-hydrogen) atoms. The van der Waals surface area contributed by atoms with Crippen LogP contribution < -0.4 is 15.6 Å². The second-order valence-corrected chi connectivity index (χ2v) is 8.54. The summed E-state index contributed by atoms with van der Waals surface area (Å²) in [7, 11) is 2.87. The van der Waals surface area contributed by atoms with E-state index in [1.54, 1.807) is 25.2 Å². The van der Waals surface area contributed by atoms with E-state index in [4.69, 9.17) is 20.9 Å². The summed E-state index contributed by atoms with van der Waals surface area (Å²) in [5.74, 6) is -1.32. The summed E-state index contributed by atoms with van der Waals surface area (Å²) in [5.41, 5.74) is 1.65. The number of nitrogens with zero attached hydrogens (tertiary/aromatic N) is 4. The maximum atomic E-state index is 13.2. The Bertz CT molecular complexity index is 1490. The fraction of sp³-hybridized carbons (Fsp3) is 0.192. The molecule has 4 rings (SSSR count). The van der Waals surface area contributed by atoms with Crippen molar-refractivity contribution in [1.29, 1.82) is 5.26 Å². The average molecular weight is 504 g/mol. The number of hydrogen-bond donors (Lipinski definition) is 1. The van der Waals surface area contributed by atoms with Crippen molar-refractivity contribution in [3.63, 3.8) is 0 Å². The molecule has 1 N–H and O–H groups in total. The SMILES string of the molecule is COc1c(C(=O)Nc2cnoc2)nc([C@@H](C)[C@@H](c2ccccc2)c2ccc(Cl)cc2C#N)n(C)c1=O. The number of amides is 1. The Kier molecular flexibility index (Phi) is 7.17. The van der Waals surface area contributed by atoms with Crippen molar-refractivity contribution in [3.05, 3.63) is 105 Å². The number of benzene rings is 2. The molecule has 0 saturated heterocycles. The molecule has 0 bridgehead atoms. The second-order valence-electron chi connectivity index (χ2n) is 8.10. The molecule has 2 aromatic heterocycles. The number of ether oxygens (including phenoxy) is 1. The standard InChI is InChI=1S/C26H22ClN5O4/c1-15(21(16-7-5-4-6-8-16)20-10-9-18(27)11-17(20)12-28)24-31-22(23(35-3)26(34)32(24)2)25(33)30-19-13-29-36-14-19/h4-11,13-15,21H,1-3H3,(H,30,33)/t15-,21-/m0/s1. The number of carbonyl (C=O) groups excluding carboxylic acids is 1. The van der Waals surface area contributed by atoms with Crippen molar-refractivity contribution in [2.75, 3.05) is 12.4 Å². The molecule has 0 aliphatic carbocycles. The Labute approximate surface area is 211 Å². The number of nitrogens with one attached hydrogen (secondary N) is 1. The smallest absolute Gasteiger partial charge is 0.296 e. The second kappa shape index (κ2) is 10.5. The first-order valence-corrected chi connectivity index (χ1v) is 11.3. The van der Waals surface area contributed by atoms with Gasteiger partial charge in [-0.15, -0.1) is 0 Å². The largest absolute Gasteiger partial charge is 0.489 e. The summed E-state index contributed by atoms with van der Waals surface area (Å²) in [6, 6.07) is 16.9. The Morgan fingerprint density at radius 3 is 2.64 bits per heavy atom. The zero-order valence-corrected chi connectivity index (χ0v) is 20.5. The Morgan fingerprint density at radius 1 is 1.25 bits per heavy atom. The molecule has 0 unspecified atom stereocenters. The van der Waals surface area contributed by atoms with Crippen LogP contribution in [-0.4, -0.2) is 27.7 Å². The molecule has 2 heterocycles. The molecule has 0 aliphatic rings. The maximum absolute atomic E-state index is 13.2. The van der Waals surface area contributed by atoms with E-state index in [9.17, 15) is 14.9 Å². The fourth-order valence-electron chi connectivity index (χ4n) is 4.24. The van der Waals surface area contributed by atoms with Crippen LogP contribution in [0, 0.1) is 11.3 Å². The predicted octanol–water partition coefficient (Wildman–Crippen LogP) is 4.49. The Morgan fingerprint density at radius 2 is 2.00 bits per heavy atom. The van der Waals surface area contributed by atoms with Gasteiger partial charge in [-0.3, -0.25) is 14.2 Å². The normalized spacial score (nSPS) is 12.4. The van der Waals surface area contributed by atoms with Gasteiger partial charge in [0.25, 0.3) is 11.5 Å². The molecule has 0 saturated carbocycles. The highest BCUT2D eigenvalue weighted by Crippen LogP contribution is 2.39. The number of hydrogen-bond acceptors (Lipinski definition) is 7. The number of rotatable bonds is 7. The van der Waals surface area contributed by atoms with Gasteiger partial charge in [0.1, 0.15) is 17.8 Å². The number of anilines is 1. The molecule has 1 amide bonds. The van der Waals surface area contributed by atoms with Crippen LogP contribution in [0.5, 0.6) is 5.75 Å². The van der Waals surface area contributed by atoms with Crippen LogP contribution in [0.15, 0.2) is 70.3 Å². The number of nitriles is 1. The van der Waals surface area contributed by atoms with Gasteiger partial charge in [-0.2, -0.15) is 5.26 Å². The lowest BCUT2D eigenvalue weighted by Crippen LogP contribution is -2.31. The van der Waals surface area contributed by atoms with Gasteiger partial charge in [0.2, 0.25) is 5.75 Å². The van der Waals surface area contributed by atoms with Gasteiger partial charge >= 0.3 is 0 Å². The zero-order chi connectivity index (χ0) is 25.8. The molecule has 2 aromatic carbocycles. The van der Waals surface area contributed by atoms with Crippen LogP contribution in [0.1, 0.15) is 51.8 Å². The highest BCUT2D eigenvalue weighted by atomic mass is 35.5. The summed E-state index contributed by atoms with van der Waals surface area (Å²) in [6.45, 7) is 1.89. The highest BCUT2D eigenvalue weighted by Gasteiger charge is 2.31. The first-order valence-electron chi connectivity index (χ1n) is 11.0. The summed E-state index contributed by atoms with van der Waals surface area (Å²) in [4.78, 5) is 30.9. The van der Waals surface area contributed by atoms with Crippen molar-refractivity contribution in [1.82, 2.24) is 14.7 Å². The predicted molar refractivity (Wildman–Crippen MR) is 133 cm³/mol. The van der Waals surface area contributed by atoms with Gasteiger partial charge < -0.3 is 14.6 Å². The van der Waals surface area contributed by atoms with Crippen LogP contribution >= 0.6 is 11.6 Å². The van der Waals surface area contributed by atoms with Gasteiger partial charge in [0.15, 0.2) is 5.69 Å². The average Bonchev–Trinajstić information content (AvgIpc) is 3.40. The molecule has 2 atom stereocenters. The lowest BCUT2D eigenvalue weighted by molar-refractivity contribution is 0.101. The van der Waals surface area contributed by atoms with Crippen molar-refractivity contribution >= 4 is 23.2 Å². The van der Waals surface area contributed by atoms with E-state index in [-0.39, 0.29) is 17.4 Å². The minimum Gasteiger partial charge on any atom is -0.489 e. The first kappa shape index (κ1) is 24.7. The molecule has 10 heteroatoms. The highest BCUT2D eigenvalue weighted by molar-refractivity contribution is 6.30. The zero-order valence-electron chi connectivity index (χ0n) is 19.7. The van der Waals surface area contributed by atoms with E-state index in [1.165, 1.54) is 24.1 Å². The molecular weight excluding hydrogens is 482 g/mol. The maximum Gasteiger partial charge on any atom is 0.296 e. The molecule has 0 fully saturated rings. The molecular formula is C26H22ClN5O4. The number of halogens is 1. The van der Waals surface area contributed by atoms with Crippen molar-refractivity contribution in [3.8, 4) is 11.8 Å². The summed E-state index contributed by atoms with van der Waals surface area (Å²) in [6.07, 6.45) is 2.58. The third-order valence-corrected chi connectivity index (χ3v) is 6.17. The van der Waals surface area contributed by atoms with Gasteiger partial charge in [0.05, 0.1) is 24.9 Å². The summed E-state index contributed by atoms with van der Waals surface area (Å²) in [5, 5.41) is 16.4. The lowest BCUT2D eigenvalue weighted by Gasteiger charge is -2.27. The molecule has 0 radical (unpaired) electrons. The van der Waals surface area contributed by atoms with Crippen molar-refractivity contribution in [2.45, 2.75) is 18.8 Å². The van der Waals surface area contributed by atoms with Crippen molar-refractivity contribution < 1.29 is 14.1 Å². The van der Waals surface area contributed by atoms with Crippen LogP contribution in [0.25, 0.3) is 0 Å². The third kappa shape index (κ3) is 4.72. The molecule has 9 nitrogen and oxygen atoms in total. The van der Waals surface area contributed by atoms with E-state index in [0.29, 0.717) is 22.1 Å². The van der Waals surface area contributed by atoms with Gasteiger partial charge in [-0.05, 0) is 23.3 Å². The van der Waals surface area contributed by atoms with Crippen LogP contribution in [0.2, 0.25) is 5.02 Å². The fourth-order valence-corrected chi connectivity index (χ4v) is 4.42. The first-order chi connectivity index (χ1) is 17.3. The summed E-state index contributed by atoms with van der Waals surface area (Å²) < 4.78 is 11.4. The Hall–Kier alpha value is -4.42. The van der Waals surface area contributed by atoms with Gasteiger partial charge in [-0.25, -0.2) is 4.98 Å². The molecule has 182 valence electrons. The molecule has 0 aliphatic heterocycles. The van der Waals surface area contributed by atoms with E-state index in [2.05, 4.69) is 21.5 Å². The van der Waals surface area contributed by atoms with E-state index < -0.39 is 17.4 Å². The molecule has 4 aromatic rings. The van der Waals surface area contributed by atoms with E-state index in [0.717, 1.165) is 11.1 Å². The lowest BCUT2D eigenvalue weighted by atomic mass is 9.79. The quantitative estimate of drug-likeness (QED) is 0.394. The van der Waals surface area contributed by atoms with Crippen LogP contribution in [0.4, 0.5) is 5.69 Å². The minimum atomic E-state index is -0.651. The molecule has 0 spiro atoms. The van der Waals surface area contributed by atoms with E-state index in [1.807, 2.05) is 37.3 Å². The van der Waals surface area contributed by atoms with E-state index >= 15 is 0 Å². The van der Waals surface area contributed by atoms with Crippen LogP contribution in [0.3, 0.4) is 0 Å². The van der Waals surface area contributed by atoms with Crippen molar-refractivity contribution in [2.24, 2.45) is 7.05 Å². The topological polar surface area (TPSA) is 123 Å². The minimum absolute atomic E-state index is 0.174. The monoisotopic (exact) mass is 503 g/mol.